The van der Waals surface area contributed by atoms with Crippen LogP contribution in [0.15, 0.2) is 60.8 Å². The van der Waals surface area contributed by atoms with E-state index in [9.17, 15) is 22.8 Å². The van der Waals surface area contributed by atoms with Gasteiger partial charge in [0.1, 0.15) is 6.04 Å². The Balaban J connectivity index is 1.79. The van der Waals surface area contributed by atoms with Crippen LogP contribution in [0.4, 0.5) is 18.9 Å². The number of aromatic nitrogens is 1. The molecule has 0 saturated carbocycles. The summed E-state index contributed by atoms with van der Waals surface area (Å²) < 4.78 is 38.8. The molecule has 2 atom stereocenters. The fraction of sp³-hybridized carbons (Fsp3) is 0.320. The smallest absolute Gasteiger partial charge is 0.343 e. The minimum absolute atomic E-state index is 0.0549. The van der Waals surface area contributed by atoms with Crippen LogP contribution in [0.25, 0.3) is 10.9 Å². The van der Waals surface area contributed by atoms with Gasteiger partial charge in [-0.05, 0) is 55.3 Å². The van der Waals surface area contributed by atoms with Gasteiger partial charge in [-0.25, -0.2) is 0 Å². The lowest BCUT2D eigenvalue weighted by atomic mass is 9.99. The standard InChI is InChI=1S/C25H29F3N6O2/c26-25(27,28)18-7-5-15(6-8-18)10-22(34-23(35)20(31)9-16(12-29)13-30)24(36)33-19-11-17-3-1-2-4-21(17)32-14-19/h1-8,11,14,16,20,22H,9-10,12-13,29-31H2,(H,33,36)(H,34,35)/t20-,22+/m0/s1. The second-order valence-corrected chi connectivity index (χ2v) is 8.55. The maximum absolute atomic E-state index is 13.2. The maximum atomic E-state index is 13.2. The molecule has 11 heteroatoms. The van der Waals surface area contributed by atoms with Crippen LogP contribution < -0.4 is 27.8 Å². The molecule has 1 aromatic heterocycles. The van der Waals surface area contributed by atoms with Gasteiger partial charge in [-0.15, -0.1) is 0 Å². The Kier molecular flexibility index (Phi) is 8.97. The third-order valence-corrected chi connectivity index (χ3v) is 5.80. The Morgan fingerprint density at radius 3 is 2.28 bits per heavy atom. The van der Waals surface area contributed by atoms with Gasteiger partial charge in [-0.2, -0.15) is 13.2 Å². The monoisotopic (exact) mass is 502 g/mol. The summed E-state index contributed by atoms with van der Waals surface area (Å²) in [6.45, 7) is 0.504. The van der Waals surface area contributed by atoms with Crippen LogP contribution in [0, 0.1) is 5.92 Å². The van der Waals surface area contributed by atoms with Crippen LogP contribution in [-0.4, -0.2) is 42.0 Å². The molecule has 1 heterocycles. The predicted molar refractivity (Wildman–Crippen MR) is 132 cm³/mol. The third kappa shape index (κ3) is 7.23. The molecule has 0 aliphatic carbocycles. The van der Waals surface area contributed by atoms with E-state index >= 15 is 0 Å². The van der Waals surface area contributed by atoms with E-state index in [1.807, 2.05) is 24.3 Å². The predicted octanol–water partition coefficient (Wildman–Crippen LogP) is 2.17. The zero-order chi connectivity index (χ0) is 26.3. The van der Waals surface area contributed by atoms with Gasteiger partial charge >= 0.3 is 6.18 Å². The van der Waals surface area contributed by atoms with Crippen molar-refractivity contribution in [1.82, 2.24) is 10.3 Å². The number of anilines is 1. The number of carbonyl (C=O) groups excluding carboxylic acids is 2. The number of para-hydroxylation sites is 1. The molecule has 0 aliphatic rings. The maximum Gasteiger partial charge on any atom is 0.416 e. The minimum atomic E-state index is -4.48. The topological polar surface area (TPSA) is 149 Å². The Hall–Kier alpha value is -3.54. The van der Waals surface area contributed by atoms with Crippen molar-refractivity contribution in [2.24, 2.45) is 23.1 Å². The van der Waals surface area contributed by atoms with E-state index in [1.165, 1.54) is 18.3 Å². The summed E-state index contributed by atoms with van der Waals surface area (Å²) in [4.78, 5) is 30.2. The molecular weight excluding hydrogens is 473 g/mol. The third-order valence-electron chi connectivity index (χ3n) is 5.80. The van der Waals surface area contributed by atoms with E-state index in [1.54, 1.807) is 6.07 Å². The van der Waals surface area contributed by atoms with E-state index < -0.39 is 35.6 Å². The Morgan fingerprint density at radius 1 is 0.972 bits per heavy atom. The van der Waals surface area contributed by atoms with Gasteiger partial charge in [0.2, 0.25) is 11.8 Å². The number of benzene rings is 2. The molecule has 192 valence electrons. The van der Waals surface area contributed by atoms with Gasteiger partial charge in [0.15, 0.2) is 0 Å². The first kappa shape index (κ1) is 27.1. The van der Waals surface area contributed by atoms with Crippen molar-refractivity contribution in [3.8, 4) is 0 Å². The van der Waals surface area contributed by atoms with Crippen LogP contribution in [0.1, 0.15) is 17.5 Å². The molecule has 8 N–H and O–H groups in total. The minimum Gasteiger partial charge on any atom is -0.343 e. The van der Waals surface area contributed by atoms with Crippen LogP contribution in [0.2, 0.25) is 0 Å². The molecule has 0 fully saturated rings. The van der Waals surface area contributed by atoms with Crippen LogP contribution in [0.5, 0.6) is 0 Å². The number of hydrogen-bond acceptors (Lipinski definition) is 6. The number of fused-ring (bicyclic) bond motifs is 1. The molecule has 0 aliphatic heterocycles. The van der Waals surface area contributed by atoms with Crippen molar-refractivity contribution in [3.63, 3.8) is 0 Å². The average molecular weight is 503 g/mol. The number of amides is 2. The molecule has 3 rings (SSSR count). The number of alkyl halides is 3. The number of hydrogen-bond donors (Lipinski definition) is 5. The van der Waals surface area contributed by atoms with E-state index in [-0.39, 0.29) is 31.8 Å². The number of nitrogens with one attached hydrogen (secondary N) is 2. The van der Waals surface area contributed by atoms with Crippen LogP contribution >= 0.6 is 0 Å². The zero-order valence-corrected chi connectivity index (χ0v) is 19.5. The molecule has 36 heavy (non-hydrogen) atoms. The van der Waals surface area contributed by atoms with Crippen molar-refractivity contribution in [2.45, 2.75) is 31.1 Å². The highest BCUT2D eigenvalue weighted by Crippen LogP contribution is 2.29. The molecule has 2 amide bonds. The molecule has 2 aromatic carbocycles. The second-order valence-electron chi connectivity index (χ2n) is 8.55. The normalized spacial score (nSPS) is 13.4. The van der Waals surface area contributed by atoms with Crippen molar-refractivity contribution in [1.29, 1.82) is 0 Å². The molecule has 0 saturated heterocycles. The molecule has 0 radical (unpaired) electrons. The lowest BCUT2D eigenvalue weighted by Crippen LogP contribution is -2.51. The number of pyridine rings is 1. The zero-order valence-electron chi connectivity index (χ0n) is 19.5. The second kappa shape index (κ2) is 11.9. The molecule has 3 aromatic rings. The summed E-state index contributed by atoms with van der Waals surface area (Å²) in [5.41, 5.74) is 18.0. The van der Waals surface area contributed by atoms with Gasteiger partial charge in [-0.3, -0.25) is 14.6 Å². The van der Waals surface area contributed by atoms with Crippen molar-refractivity contribution >= 4 is 28.4 Å². The molecule has 8 nitrogen and oxygen atoms in total. The Bertz CT molecular complexity index is 1180. The molecule has 0 bridgehead atoms. The van der Waals surface area contributed by atoms with Crippen LogP contribution in [-0.2, 0) is 22.2 Å². The first-order chi connectivity index (χ1) is 17.1. The lowest BCUT2D eigenvalue weighted by molar-refractivity contribution is -0.137. The fourth-order valence-electron chi connectivity index (χ4n) is 3.68. The highest BCUT2D eigenvalue weighted by Gasteiger charge is 2.30. The average Bonchev–Trinajstić information content (AvgIpc) is 2.86. The van der Waals surface area contributed by atoms with E-state index in [0.29, 0.717) is 11.3 Å². The fourth-order valence-corrected chi connectivity index (χ4v) is 3.68. The SMILES string of the molecule is NCC(CN)C[C@H](N)C(=O)N[C@H](Cc1ccc(C(F)(F)F)cc1)C(=O)Nc1cnc2ccccc2c1. The van der Waals surface area contributed by atoms with E-state index in [4.69, 9.17) is 17.2 Å². The van der Waals surface area contributed by atoms with Crippen molar-refractivity contribution in [3.05, 3.63) is 71.9 Å². The quantitative estimate of drug-likeness (QED) is 0.287. The summed E-state index contributed by atoms with van der Waals surface area (Å²) in [7, 11) is 0. The van der Waals surface area contributed by atoms with Crippen molar-refractivity contribution in [2.75, 3.05) is 18.4 Å². The number of nitrogens with zero attached hydrogens (tertiary/aromatic N) is 1. The van der Waals surface area contributed by atoms with Crippen molar-refractivity contribution < 1.29 is 22.8 Å². The van der Waals surface area contributed by atoms with E-state index in [2.05, 4.69) is 15.6 Å². The first-order valence-corrected chi connectivity index (χ1v) is 11.4. The van der Waals surface area contributed by atoms with Gasteiger partial charge in [0.25, 0.3) is 0 Å². The number of nitrogens with two attached hydrogens (primary N) is 3. The van der Waals surface area contributed by atoms with Crippen LogP contribution in [0.3, 0.4) is 0 Å². The summed E-state index contributed by atoms with van der Waals surface area (Å²) in [5, 5.41) is 6.14. The first-order valence-electron chi connectivity index (χ1n) is 11.4. The lowest BCUT2D eigenvalue weighted by Gasteiger charge is -2.23. The molecular formula is C25H29F3N6O2. The Morgan fingerprint density at radius 2 is 1.64 bits per heavy atom. The van der Waals surface area contributed by atoms with Gasteiger partial charge in [0, 0.05) is 11.8 Å². The van der Waals surface area contributed by atoms with E-state index in [0.717, 1.165) is 23.0 Å². The number of carbonyl (C=O) groups is 2. The van der Waals surface area contributed by atoms with Gasteiger partial charge in [-0.1, -0.05) is 30.3 Å². The summed E-state index contributed by atoms with van der Waals surface area (Å²) in [5.74, 6) is -1.33. The highest BCUT2D eigenvalue weighted by atomic mass is 19.4. The molecule has 0 unspecified atom stereocenters. The summed E-state index contributed by atoms with van der Waals surface area (Å²) >= 11 is 0. The Labute approximate surface area is 206 Å². The highest BCUT2D eigenvalue weighted by molar-refractivity contribution is 5.99. The number of halogens is 3. The largest absolute Gasteiger partial charge is 0.416 e. The molecule has 0 spiro atoms. The van der Waals surface area contributed by atoms with Gasteiger partial charge in [0.05, 0.1) is 29.0 Å². The number of rotatable bonds is 10. The summed E-state index contributed by atoms with van der Waals surface area (Å²) in [6.07, 6.45) is -2.83. The van der Waals surface area contributed by atoms with Gasteiger partial charge < -0.3 is 27.8 Å². The summed E-state index contributed by atoms with van der Waals surface area (Å²) in [6, 6.07) is 11.4.